The van der Waals surface area contributed by atoms with Gasteiger partial charge in [0.1, 0.15) is 5.75 Å². The van der Waals surface area contributed by atoms with E-state index in [1.54, 1.807) is 19.1 Å². The third-order valence-corrected chi connectivity index (χ3v) is 7.03. The Bertz CT molecular complexity index is 694. The molecule has 1 aliphatic heterocycles. The Hall–Kier alpha value is -1.56. The lowest BCUT2D eigenvalue weighted by Crippen LogP contribution is -2.38. The van der Waals surface area contributed by atoms with Crippen LogP contribution in [0.2, 0.25) is 0 Å². The average molecular weight is 351 g/mol. The number of hydrogen-bond acceptors (Lipinski definition) is 4. The minimum atomic E-state index is -2.97. The van der Waals surface area contributed by atoms with E-state index >= 15 is 0 Å². The highest BCUT2D eigenvalue weighted by Crippen LogP contribution is 2.45. The molecule has 132 valence electrons. The molecule has 2 fully saturated rings. The van der Waals surface area contributed by atoms with Gasteiger partial charge in [0.05, 0.1) is 18.6 Å². The van der Waals surface area contributed by atoms with Crippen molar-refractivity contribution in [3.63, 3.8) is 0 Å². The normalized spacial score (nSPS) is 23.7. The fraction of sp³-hybridized carbons (Fsp3) is 0.611. The van der Waals surface area contributed by atoms with Crippen LogP contribution in [0.5, 0.6) is 5.75 Å². The van der Waals surface area contributed by atoms with E-state index in [2.05, 4.69) is 0 Å². The van der Waals surface area contributed by atoms with Crippen molar-refractivity contribution < 1.29 is 17.9 Å². The van der Waals surface area contributed by atoms with Gasteiger partial charge < -0.3 is 9.64 Å². The quantitative estimate of drug-likeness (QED) is 0.788. The summed E-state index contributed by atoms with van der Waals surface area (Å²) < 4.78 is 28.5. The summed E-state index contributed by atoms with van der Waals surface area (Å²) in [5.74, 6) is 1.93. The largest absolute Gasteiger partial charge is 0.497 e. The number of carbonyl (C=O) groups excluding carboxylic acids is 1. The van der Waals surface area contributed by atoms with Crippen LogP contribution in [0.3, 0.4) is 0 Å². The van der Waals surface area contributed by atoms with Crippen LogP contribution in [0.1, 0.15) is 37.2 Å². The second kappa shape index (κ2) is 6.75. The van der Waals surface area contributed by atoms with Crippen molar-refractivity contribution >= 4 is 15.7 Å². The maximum Gasteiger partial charge on any atom is 0.223 e. The molecule has 24 heavy (non-hydrogen) atoms. The number of benzene rings is 1. The second-order valence-corrected chi connectivity index (χ2v) is 9.21. The van der Waals surface area contributed by atoms with Crippen LogP contribution < -0.4 is 4.74 Å². The van der Waals surface area contributed by atoms with Gasteiger partial charge in [0, 0.05) is 19.5 Å². The number of rotatable bonds is 6. The molecule has 1 aromatic carbocycles. The third kappa shape index (κ3) is 3.91. The Balaban J connectivity index is 1.68. The second-order valence-electron chi connectivity index (χ2n) is 6.98. The first-order valence-electron chi connectivity index (χ1n) is 8.49. The first-order valence-corrected chi connectivity index (χ1v) is 10.3. The summed E-state index contributed by atoms with van der Waals surface area (Å²) in [7, 11) is 0.408. The van der Waals surface area contributed by atoms with Gasteiger partial charge in [-0.3, -0.25) is 4.79 Å². The van der Waals surface area contributed by atoms with E-state index in [1.165, 1.54) is 5.56 Å². The van der Waals surface area contributed by atoms with Crippen LogP contribution in [0.15, 0.2) is 24.3 Å². The molecular weight excluding hydrogens is 326 g/mol. The van der Waals surface area contributed by atoms with Crippen molar-refractivity contribution in [2.24, 2.45) is 5.92 Å². The number of carbonyl (C=O) groups is 1. The summed E-state index contributed by atoms with van der Waals surface area (Å²) in [6, 6.07) is 7.77. The Labute approximate surface area is 143 Å². The molecule has 1 amide bonds. The molecule has 1 saturated heterocycles. The minimum absolute atomic E-state index is 0.0461. The van der Waals surface area contributed by atoms with E-state index in [9.17, 15) is 13.2 Å². The number of nitrogens with zero attached hydrogens (tertiary/aromatic N) is 1. The van der Waals surface area contributed by atoms with Gasteiger partial charge in [0.2, 0.25) is 5.91 Å². The number of methoxy groups -OCH3 is 1. The Morgan fingerprint density at radius 3 is 2.42 bits per heavy atom. The van der Waals surface area contributed by atoms with Gasteiger partial charge in [-0.05, 0) is 48.8 Å². The Morgan fingerprint density at radius 2 is 1.92 bits per heavy atom. The summed E-state index contributed by atoms with van der Waals surface area (Å²) in [6.07, 6.45) is 3.32. The molecule has 6 heteroatoms. The predicted molar refractivity (Wildman–Crippen MR) is 92.9 cm³/mol. The van der Waals surface area contributed by atoms with Gasteiger partial charge in [0.25, 0.3) is 0 Å². The highest BCUT2D eigenvalue weighted by molar-refractivity contribution is 7.91. The van der Waals surface area contributed by atoms with Gasteiger partial charge in [-0.15, -0.1) is 0 Å². The fourth-order valence-corrected chi connectivity index (χ4v) is 5.30. The fourth-order valence-electron chi connectivity index (χ4n) is 3.52. The molecule has 2 unspecified atom stereocenters. The van der Waals surface area contributed by atoms with Gasteiger partial charge >= 0.3 is 0 Å². The van der Waals surface area contributed by atoms with Gasteiger partial charge in [0.15, 0.2) is 9.84 Å². The summed E-state index contributed by atoms with van der Waals surface area (Å²) in [4.78, 5) is 14.3. The standard InChI is InChI=1S/C18H25NO4S/c1-19(15-9-10-24(21,22)12-15)18(20)11-17(13-3-4-13)14-5-7-16(23-2)8-6-14/h5-8,13,15,17H,3-4,9-12H2,1-2H3. The smallest absolute Gasteiger partial charge is 0.223 e. The maximum absolute atomic E-state index is 12.7. The maximum atomic E-state index is 12.7. The lowest BCUT2D eigenvalue weighted by molar-refractivity contribution is -0.132. The van der Waals surface area contributed by atoms with E-state index in [0.717, 1.165) is 18.6 Å². The zero-order chi connectivity index (χ0) is 17.3. The number of sulfone groups is 1. The minimum Gasteiger partial charge on any atom is -0.497 e. The van der Waals surface area contributed by atoms with E-state index in [0.29, 0.717) is 18.8 Å². The summed E-state index contributed by atoms with van der Waals surface area (Å²) >= 11 is 0. The Kier molecular flexibility index (Phi) is 4.85. The molecule has 1 heterocycles. The molecule has 2 atom stereocenters. The van der Waals surface area contributed by atoms with E-state index in [1.807, 2.05) is 24.3 Å². The monoisotopic (exact) mass is 351 g/mol. The van der Waals surface area contributed by atoms with Crippen LogP contribution in [0.4, 0.5) is 0 Å². The molecule has 1 aliphatic carbocycles. The Morgan fingerprint density at radius 1 is 1.25 bits per heavy atom. The van der Waals surface area contributed by atoms with Crippen LogP contribution >= 0.6 is 0 Å². The first-order chi connectivity index (χ1) is 11.4. The molecule has 1 saturated carbocycles. The molecule has 5 nitrogen and oxygen atoms in total. The number of hydrogen-bond donors (Lipinski definition) is 0. The SMILES string of the molecule is COc1ccc(C(CC(=O)N(C)C2CCS(=O)(=O)C2)C2CC2)cc1. The lowest BCUT2D eigenvalue weighted by atomic mass is 9.90. The molecule has 2 aliphatic rings. The molecule has 3 rings (SSSR count). The topological polar surface area (TPSA) is 63.7 Å². The van der Waals surface area contributed by atoms with Crippen molar-refractivity contribution in [1.82, 2.24) is 4.90 Å². The van der Waals surface area contributed by atoms with Gasteiger partial charge in [-0.1, -0.05) is 12.1 Å². The summed E-state index contributed by atoms with van der Waals surface area (Å²) in [5, 5.41) is 0. The molecule has 1 aromatic rings. The van der Waals surface area contributed by atoms with Crippen molar-refractivity contribution in [3.8, 4) is 5.75 Å². The van der Waals surface area contributed by atoms with Gasteiger partial charge in [-0.2, -0.15) is 0 Å². The molecule has 0 N–H and O–H groups in total. The zero-order valence-electron chi connectivity index (χ0n) is 14.3. The molecule has 0 spiro atoms. The van der Waals surface area contributed by atoms with E-state index in [4.69, 9.17) is 4.74 Å². The summed E-state index contributed by atoms with van der Waals surface area (Å²) in [6.45, 7) is 0. The molecule has 0 radical (unpaired) electrons. The zero-order valence-corrected chi connectivity index (χ0v) is 15.1. The summed E-state index contributed by atoms with van der Waals surface area (Å²) in [5.41, 5.74) is 1.17. The number of ether oxygens (including phenoxy) is 1. The van der Waals surface area contributed by atoms with E-state index < -0.39 is 9.84 Å². The van der Waals surface area contributed by atoms with E-state index in [-0.39, 0.29) is 29.4 Å². The molecule has 0 aromatic heterocycles. The van der Waals surface area contributed by atoms with Crippen LogP contribution in [0.25, 0.3) is 0 Å². The van der Waals surface area contributed by atoms with Crippen LogP contribution in [-0.2, 0) is 14.6 Å². The van der Waals surface area contributed by atoms with Crippen LogP contribution in [-0.4, -0.2) is 50.9 Å². The molecular formula is C18H25NO4S. The predicted octanol–water partition coefficient (Wildman–Crippen LogP) is 2.22. The van der Waals surface area contributed by atoms with Crippen molar-refractivity contribution in [1.29, 1.82) is 0 Å². The number of amides is 1. The van der Waals surface area contributed by atoms with Gasteiger partial charge in [-0.25, -0.2) is 8.42 Å². The lowest BCUT2D eigenvalue weighted by Gasteiger charge is -2.26. The average Bonchev–Trinajstić information content (AvgIpc) is 3.34. The first kappa shape index (κ1) is 17.3. The highest BCUT2D eigenvalue weighted by Gasteiger charge is 2.37. The van der Waals surface area contributed by atoms with Crippen molar-refractivity contribution in [2.45, 2.75) is 37.6 Å². The van der Waals surface area contributed by atoms with Crippen LogP contribution in [0, 0.1) is 5.92 Å². The third-order valence-electron chi connectivity index (χ3n) is 5.28. The van der Waals surface area contributed by atoms with Crippen molar-refractivity contribution in [2.75, 3.05) is 25.7 Å². The van der Waals surface area contributed by atoms with Crippen molar-refractivity contribution in [3.05, 3.63) is 29.8 Å². The molecule has 0 bridgehead atoms. The highest BCUT2D eigenvalue weighted by atomic mass is 32.2.